The van der Waals surface area contributed by atoms with Gasteiger partial charge in [-0.3, -0.25) is 4.79 Å². The molecular formula is C30H33ClFN7O. The van der Waals surface area contributed by atoms with Crippen molar-refractivity contribution in [1.29, 1.82) is 0 Å². The number of amides is 1. The highest BCUT2D eigenvalue weighted by Crippen LogP contribution is 2.41. The zero-order chi connectivity index (χ0) is 28.7. The average Bonchev–Trinajstić information content (AvgIpc) is 2.93. The number of aromatic nitrogens is 2. The van der Waals surface area contributed by atoms with Crippen LogP contribution in [0.1, 0.15) is 43.4 Å². The Kier molecular flexibility index (Phi) is 7.51. The molecule has 1 saturated heterocycles. The third-order valence-electron chi connectivity index (χ3n) is 7.45. The van der Waals surface area contributed by atoms with Crippen LogP contribution in [0.4, 0.5) is 21.7 Å². The zero-order valence-corrected chi connectivity index (χ0v) is 23.9. The van der Waals surface area contributed by atoms with Crippen LogP contribution >= 0.6 is 11.6 Å². The van der Waals surface area contributed by atoms with Crippen LogP contribution in [-0.4, -0.2) is 63.9 Å². The number of benzene rings is 1. The molecule has 0 spiro atoms. The molecule has 2 N–H and O–H groups in total. The summed E-state index contributed by atoms with van der Waals surface area (Å²) >= 11 is 6.44. The Morgan fingerprint density at radius 3 is 2.67 bits per heavy atom. The van der Waals surface area contributed by atoms with E-state index < -0.39 is 5.82 Å². The molecule has 0 aliphatic carbocycles. The molecule has 40 heavy (non-hydrogen) atoms. The van der Waals surface area contributed by atoms with Crippen molar-refractivity contribution in [2.24, 2.45) is 4.99 Å². The Labute approximate surface area is 239 Å². The van der Waals surface area contributed by atoms with Crippen LogP contribution in [0.25, 0.3) is 11.4 Å². The number of amidine groups is 1. The first-order valence-corrected chi connectivity index (χ1v) is 13.7. The van der Waals surface area contributed by atoms with E-state index in [9.17, 15) is 4.79 Å². The second-order valence-corrected chi connectivity index (χ2v) is 10.9. The molecule has 4 heterocycles. The lowest BCUT2D eigenvalue weighted by Gasteiger charge is -2.43. The number of rotatable bonds is 4. The van der Waals surface area contributed by atoms with Gasteiger partial charge in [0.2, 0.25) is 5.91 Å². The highest BCUT2D eigenvalue weighted by Gasteiger charge is 2.35. The molecular weight excluding hydrogens is 529 g/mol. The predicted octanol–water partition coefficient (Wildman–Crippen LogP) is 5.52. The number of pyridine rings is 2. The first-order valence-electron chi connectivity index (χ1n) is 13.3. The Morgan fingerprint density at radius 2 is 1.98 bits per heavy atom. The molecule has 1 amide bonds. The van der Waals surface area contributed by atoms with E-state index in [2.05, 4.69) is 49.4 Å². The molecule has 5 rings (SSSR count). The minimum atomic E-state index is -0.574. The molecule has 1 atom stereocenters. The number of halogens is 2. The van der Waals surface area contributed by atoms with Gasteiger partial charge in [-0.1, -0.05) is 50.2 Å². The van der Waals surface area contributed by atoms with Crippen LogP contribution < -0.4 is 10.6 Å². The number of hydrogen-bond acceptors (Lipinski definition) is 7. The van der Waals surface area contributed by atoms with Crippen LogP contribution in [0.5, 0.6) is 0 Å². The predicted molar refractivity (Wildman–Crippen MR) is 159 cm³/mol. The summed E-state index contributed by atoms with van der Waals surface area (Å²) in [4.78, 5) is 32.3. The standard InChI is InChI=1S/C30H33ClFN7O/c1-6-25(40)37-12-13-38(19(5)15-37)29-21-14-23(32)27(26-22(31)10-11-24(33)35-26)36-30(21)39(16-34-29)28-18(4)8-7-9-20(28)17(2)3/h6-11,14,17,19H,1,12-13,15-16H2,2-5H3,(H2,33,35)/t19-/m0/s1. The number of fused-ring (bicyclic) bond motifs is 1. The molecule has 1 aromatic carbocycles. The molecule has 208 valence electrons. The van der Waals surface area contributed by atoms with Gasteiger partial charge in [-0.15, -0.1) is 0 Å². The number of piperazine rings is 1. The second kappa shape index (κ2) is 10.9. The van der Waals surface area contributed by atoms with Crippen LogP contribution in [0.15, 0.2) is 54.0 Å². The first-order chi connectivity index (χ1) is 19.1. The molecule has 2 aliphatic rings. The summed E-state index contributed by atoms with van der Waals surface area (Å²) < 4.78 is 15.9. The van der Waals surface area contributed by atoms with E-state index in [4.69, 9.17) is 27.3 Å². The summed E-state index contributed by atoms with van der Waals surface area (Å²) in [7, 11) is 0. The number of para-hydroxylation sites is 1. The number of aryl methyl sites for hydroxylation is 1. The van der Waals surface area contributed by atoms with E-state index in [0.717, 1.165) is 16.8 Å². The molecule has 2 aromatic heterocycles. The lowest BCUT2D eigenvalue weighted by atomic mass is 9.96. The lowest BCUT2D eigenvalue weighted by Crippen LogP contribution is -2.56. The van der Waals surface area contributed by atoms with E-state index in [1.807, 2.05) is 17.9 Å². The van der Waals surface area contributed by atoms with Gasteiger partial charge in [0.1, 0.15) is 35.5 Å². The summed E-state index contributed by atoms with van der Waals surface area (Å²) in [5.74, 6) is 0.996. The third-order valence-corrected chi connectivity index (χ3v) is 7.76. The highest BCUT2D eigenvalue weighted by molar-refractivity contribution is 6.33. The van der Waals surface area contributed by atoms with Crippen molar-refractivity contribution in [2.75, 3.05) is 36.9 Å². The summed E-state index contributed by atoms with van der Waals surface area (Å²) in [5.41, 5.74) is 9.91. The first kappa shape index (κ1) is 27.6. The number of aliphatic imine (C=N–C) groups is 1. The molecule has 0 bridgehead atoms. The van der Waals surface area contributed by atoms with Crippen LogP contribution in [0.3, 0.4) is 0 Å². The largest absolute Gasteiger partial charge is 0.384 e. The van der Waals surface area contributed by atoms with E-state index in [1.54, 1.807) is 17.0 Å². The normalized spacial score (nSPS) is 17.1. The smallest absolute Gasteiger partial charge is 0.246 e. The minimum absolute atomic E-state index is 0.0245. The zero-order valence-electron chi connectivity index (χ0n) is 23.2. The quantitative estimate of drug-likeness (QED) is 0.422. The topological polar surface area (TPSA) is 91.0 Å². The molecule has 2 aliphatic heterocycles. The fourth-order valence-corrected chi connectivity index (χ4v) is 5.66. The van der Waals surface area contributed by atoms with Gasteiger partial charge in [-0.25, -0.2) is 19.4 Å². The van der Waals surface area contributed by atoms with Crippen molar-refractivity contribution < 1.29 is 9.18 Å². The van der Waals surface area contributed by atoms with Crippen molar-refractivity contribution in [3.05, 3.63) is 76.6 Å². The van der Waals surface area contributed by atoms with Crippen LogP contribution in [-0.2, 0) is 4.79 Å². The number of nitrogens with two attached hydrogens (primary N) is 1. The number of hydrogen-bond donors (Lipinski definition) is 1. The van der Waals surface area contributed by atoms with Gasteiger partial charge in [0.05, 0.1) is 16.3 Å². The van der Waals surface area contributed by atoms with E-state index in [0.29, 0.717) is 43.5 Å². The van der Waals surface area contributed by atoms with Crippen LogP contribution in [0.2, 0.25) is 5.02 Å². The van der Waals surface area contributed by atoms with Crippen molar-refractivity contribution in [2.45, 2.75) is 39.7 Å². The number of carbonyl (C=O) groups excluding carboxylic acids is 1. The number of nitrogen functional groups attached to an aromatic ring is 1. The van der Waals surface area contributed by atoms with Crippen molar-refractivity contribution in [3.63, 3.8) is 0 Å². The van der Waals surface area contributed by atoms with Gasteiger partial charge >= 0.3 is 0 Å². The van der Waals surface area contributed by atoms with Gasteiger partial charge < -0.3 is 20.4 Å². The van der Waals surface area contributed by atoms with Gasteiger partial charge in [0.25, 0.3) is 0 Å². The molecule has 0 unspecified atom stereocenters. The van der Waals surface area contributed by atoms with Crippen LogP contribution in [0, 0.1) is 12.7 Å². The summed E-state index contributed by atoms with van der Waals surface area (Å²) in [6.45, 7) is 13.8. The summed E-state index contributed by atoms with van der Waals surface area (Å²) in [6.07, 6.45) is 1.33. The van der Waals surface area contributed by atoms with Crippen molar-refractivity contribution in [3.8, 4) is 11.4 Å². The maximum Gasteiger partial charge on any atom is 0.246 e. The fraction of sp³-hybridized carbons (Fsp3) is 0.333. The Hall–Kier alpha value is -3.98. The lowest BCUT2D eigenvalue weighted by molar-refractivity contribution is -0.128. The van der Waals surface area contributed by atoms with Gasteiger partial charge in [-0.05, 0) is 55.2 Å². The minimum Gasteiger partial charge on any atom is -0.384 e. The van der Waals surface area contributed by atoms with E-state index in [-0.39, 0.29) is 40.1 Å². The second-order valence-electron chi connectivity index (χ2n) is 10.5. The van der Waals surface area contributed by atoms with Gasteiger partial charge in [0, 0.05) is 25.7 Å². The third kappa shape index (κ3) is 4.90. The number of carbonyl (C=O) groups is 1. The van der Waals surface area contributed by atoms with Crippen molar-refractivity contribution in [1.82, 2.24) is 19.8 Å². The fourth-order valence-electron chi connectivity index (χ4n) is 5.47. The molecule has 0 saturated carbocycles. The number of nitrogens with zero attached hydrogens (tertiary/aromatic N) is 6. The van der Waals surface area contributed by atoms with Crippen molar-refractivity contribution >= 4 is 40.7 Å². The van der Waals surface area contributed by atoms with Gasteiger partial charge in [0.15, 0.2) is 5.82 Å². The Morgan fingerprint density at radius 1 is 1.20 bits per heavy atom. The summed E-state index contributed by atoms with van der Waals surface area (Å²) in [6, 6.07) is 10.8. The molecule has 8 nitrogen and oxygen atoms in total. The van der Waals surface area contributed by atoms with E-state index in [1.165, 1.54) is 12.1 Å². The summed E-state index contributed by atoms with van der Waals surface area (Å²) in [5, 5.41) is 0.257. The molecule has 0 radical (unpaired) electrons. The molecule has 10 heteroatoms. The SMILES string of the molecule is C=CC(=O)N1CCN(C2=NCN(c3c(C)cccc3C(C)C)c3nc(-c4nc(N)ccc4Cl)c(F)cc32)[C@@H](C)C1. The van der Waals surface area contributed by atoms with Gasteiger partial charge in [-0.2, -0.15) is 0 Å². The molecule has 1 fully saturated rings. The Balaban J connectivity index is 1.67. The monoisotopic (exact) mass is 561 g/mol. The Bertz CT molecular complexity index is 1520. The van der Waals surface area contributed by atoms with E-state index >= 15 is 4.39 Å². The highest BCUT2D eigenvalue weighted by atomic mass is 35.5. The maximum atomic E-state index is 15.9. The maximum absolute atomic E-state index is 15.9. The average molecular weight is 562 g/mol. The number of anilines is 3. The molecule has 3 aromatic rings.